The number of nitrogens with zero attached hydrogens (tertiary/aromatic N) is 5. The summed E-state index contributed by atoms with van der Waals surface area (Å²) in [6.45, 7) is 5.41. The SMILES string of the molecule is Cc1c(-c2ccnc(N(c3ccccc3)c3cnc[nH]3)n2)c(C)n2c1C(=O)NCC2. The van der Waals surface area contributed by atoms with Gasteiger partial charge in [-0.1, -0.05) is 18.2 Å². The molecule has 3 aromatic heterocycles. The lowest BCUT2D eigenvalue weighted by molar-refractivity contribution is 0.0926. The van der Waals surface area contributed by atoms with Crippen LogP contribution in [-0.2, 0) is 6.54 Å². The number of para-hydroxylation sites is 1. The van der Waals surface area contributed by atoms with Crippen molar-refractivity contribution >= 4 is 23.4 Å². The number of carbonyl (C=O) groups is 1. The molecule has 0 bridgehead atoms. The number of carbonyl (C=O) groups excluding carboxylic acids is 1. The van der Waals surface area contributed by atoms with E-state index in [4.69, 9.17) is 4.98 Å². The molecule has 5 rings (SSSR count). The fraction of sp³-hybridized carbons (Fsp3) is 0.182. The second-order valence-electron chi connectivity index (χ2n) is 7.19. The molecule has 8 heteroatoms. The number of hydrogen-bond donors (Lipinski definition) is 2. The van der Waals surface area contributed by atoms with Gasteiger partial charge in [0.15, 0.2) is 0 Å². The van der Waals surface area contributed by atoms with Gasteiger partial charge in [0, 0.05) is 30.5 Å². The lowest BCUT2D eigenvalue weighted by Crippen LogP contribution is -2.35. The minimum absolute atomic E-state index is 0.0363. The molecular weight excluding hydrogens is 378 g/mol. The fourth-order valence-electron chi connectivity index (χ4n) is 4.12. The molecule has 0 spiro atoms. The first-order valence-corrected chi connectivity index (χ1v) is 9.80. The van der Waals surface area contributed by atoms with E-state index in [-0.39, 0.29) is 5.91 Å². The van der Waals surface area contributed by atoms with Gasteiger partial charge in [-0.05, 0) is 37.6 Å². The maximum Gasteiger partial charge on any atom is 0.268 e. The number of aromatic amines is 1. The van der Waals surface area contributed by atoms with Crippen molar-refractivity contribution in [1.82, 2.24) is 29.8 Å². The van der Waals surface area contributed by atoms with Crippen LogP contribution in [0.5, 0.6) is 0 Å². The van der Waals surface area contributed by atoms with Crippen LogP contribution in [-0.4, -0.2) is 37.0 Å². The summed E-state index contributed by atoms with van der Waals surface area (Å²) in [4.78, 5) is 31.1. The minimum atomic E-state index is -0.0363. The average molecular weight is 399 g/mol. The third-order valence-electron chi connectivity index (χ3n) is 5.44. The summed E-state index contributed by atoms with van der Waals surface area (Å²) in [6.07, 6.45) is 5.12. The number of amides is 1. The van der Waals surface area contributed by atoms with E-state index in [1.807, 2.05) is 55.1 Å². The number of aromatic nitrogens is 5. The Balaban J connectivity index is 1.66. The Kier molecular flexibility index (Phi) is 4.31. The van der Waals surface area contributed by atoms with Crippen LogP contribution in [0, 0.1) is 13.8 Å². The zero-order valence-corrected chi connectivity index (χ0v) is 16.8. The van der Waals surface area contributed by atoms with Crippen LogP contribution >= 0.6 is 0 Å². The van der Waals surface area contributed by atoms with Crippen LogP contribution in [0.15, 0.2) is 55.1 Å². The monoisotopic (exact) mass is 399 g/mol. The van der Waals surface area contributed by atoms with E-state index >= 15 is 0 Å². The summed E-state index contributed by atoms with van der Waals surface area (Å²) in [6, 6.07) is 11.8. The largest absolute Gasteiger partial charge is 0.349 e. The Labute approximate surface area is 173 Å². The molecule has 0 atom stereocenters. The van der Waals surface area contributed by atoms with Crippen molar-refractivity contribution in [3.8, 4) is 11.3 Å². The summed E-state index contributed by atoms with van der Waals surface area (Å²) in [5.74, 6) is 1.25. The van der Waals surface area contributed by atoms with Crippen molar-refractivity contribution in [2.24, 2.45) is 0 Å². The minimum Gasteiger partial charge on any atom is -0.349 e. The Bertz CT molecular complexity index is 1210. The first-order chi connectivity index (χ1) is 14.6. The summed E-state index contributed by atoms with van der Waals surface area (Å²) in [7, 11) is 0. The molecule has 4 aromatic rings. The predicted octanol–water partition coefficient (Wildman–Crippen LogP) is 3.50. The maximum atomic E-state index is 12.4. The molecule has 0 radical (unpaired) electrons. The molecule has 1 amide bonds. The van der Waals surface area contributed by atoms with Crippen molar-refractivity contribution in [1.29, 1.82) is 0 Å². The van der Waals surface area contributed by atoms with Crippen molar-refractivity contribution in [3.63, 3.8) is 0 Å². The van der Waals surface area contributed by atoms with Crippen LogP contribution in [0.1, 0.15) is 21.7 Å². The molecule has 4 heterocycles. The fourth-order valence-corrected chi connectivity index (χ4v) is 4.12. The molecule has 30 heavy (non-hydrogen) atoms. The molecule has 1 aromatic carbocycles. The number of imidazole rings is 1. The number of benzene rings is 1. The lowest BCUT2D eigenvalue weighted by Gasteiger charge is -2.21. The van der Waals surface area contributed by atoms with E-state index in [1.54, 1.807) is 18.7 Å². The van der Waals surface area contributed by atoms with E-state index in [1.165, 1.54) is 0 Å². The average Bonchev–Trinajstić information content (AvgIpc) is 3.37. The summed E-state index contributed by atoms with van der Waals surface area (Å²) >= 11 is 0. The highest BCUT2D eigenvalue weighted by Crippen LogP contribution is 2.35. The molecule has 0 aliphatic carbocycles. The van der Waals surface area contributed by atoms with E-state index in [0.717, 1.165) is 40.6 Å². The Hall–Kier alpha value is -3.94. The second kappa shape index (κ2) is 7.14. The zero-order valence-electron chi connectivity index (χ0n) is 16.8. The molecule has 1 aliphatic heterocycles. The van der Waals surface area contributed by atoms with Crippen LogP contribution < -0.4 is 10.2 Å². The van der Waals surface area contributed by atoms with Crippen molar-refractivity contribution in [2.75, 3.05) is 11.4 Å². The van der Waals surface area contributed by atoms with E-state index < -0.39 is 0 Å². The first-order valence-electron chi connectivity index (χ1n) is 9.80. The Morgan fingerprint density at radius 2 is 1.97 bits per heavy atom. The number of fused-ring (bicyclic) bond motifs is 1. The van der Waals surface area contributed by atoms with E-state index in [9.17, 15) is 4.79 Å². The van der Waals surface area contributed by atoms with Crippen LogP contribution in [0.3, 0.4) is 0 Å². The zero-order chi connectivity index (χ0) is 20.7. The number of H-pyrrole nitrogens is 1. The van der Waals surface area contributed by atoms with Crippen LogP contribution in [0.2, 0.25) is 0 Å². The van der Waals surface area contributed by atoms with Gasteiger partial charge in [0.05, 0.1) is 23.9 Å². The number of hydrogen-bond acceptors (Lipinski definition) is 5. The van der Waals surface area contributed by atoms with Gasteiger partial charge in [0.25, 0.3) is 5.91 Å². The smallest absolute Gasteiger partial charge is 0.268 e. The van der Waals surface area contributed by atoms with E-state index in [2.05, 4.69) is 24.8 Å². The normalized spacial score (nSPS) is 13.1. The van der Waals surface area contributed by atoms with Crippen molar-refractivity contribution in [2.45, 2.75) is 20.4 Å². The van der Waals surface area contributed by atoms with Gasteiger partial charge in [-0.2, -0.15) is 0 Å². The third-order valence-corrected chi connectivity index (χ3v) is 5.44. The van der Waals surface area contributed by atoms with Gasteiger partial charge < -0.3 is 14.9 Å². The summed E-state index contributed by atoms with van der Waals surface area (Å²) in [5, 5.41) is 2.93. The first kappa shape index (κ1) is 18.1. The van der Waals surface area contributed by atoms with Gasteiger partial charge in [-0.15, -0.1) is 0 Å². The highest BCUT2D eigenvalue weighted by molar-refractivity contribution is 5.97. The molecule has 8 nitrogen and oxygen atoms in total. The molecule has 0 saturated carbocycles. The van der Waals surface area contributed by atoms with Crippen LogP contribution in [0.25, 0.3) is 11.3 Å². The Morgan fingerprint density at radius 3 is 2.70 bits per heavy atom. The molecule has 150 valence electrons. The van der Waals surface area contributed by atoms with Gasteiger partial charge >= 0.3 is 0 Å². The molecule has 0 unspecified atom stereocenters. The van der Waals surface area contributed by atoms with Gasteiger partial charge in [0.1, 0.15) is 11.5 Å². The van der Waals surface area contributed by atoms with Gasteiger partial charge in [-0.3, -0.25) is 9.69 Å². The van der Waals surface area contributed by atoms with Gasteiger partial charge in [-0.25, -0.2) is 15.0 Å². The molecule has 2 N–H and O–H groups in total. The van der Waals surface area contributed by atoms with Crippen LogP contribution in [0.4, 0.5) is 17.5 Å². The number of rotatable bonds is 4. The van der Waals surface area contributed by atoms with E-state index in [0.29, 0.717) is 18.2 Å². The maximum absolute atomic E-state index is 12.4. The second-order valence-corrected chi connectivity index (χ2v) is 7.19. The van der Waals surface area contributed by atoms with Crippen molar-refractivity contribution in [3.05, 3.63) is 72.1 Å². The molecular formula is C22H21N7O. The number of nitrogens with one attached hydrogen (secondary N) is 2. The van der Waals surface area contributed by atoms with Gasteiger partial charge in [0.2, 0.25) is 5.95 Å². The standard InChI is InChI=1S/C22H21N7O/c1-14-19(15(2)28-11-10-24-21(30)20(14)28)17-8-9-25-22(27-17)29(18-12-23-13-26-18)16-6-4-3-5-7-16/h3-9,12-13H,10-11H2,1-2H3,(H,23,26)(H,24,30). The molecule has 0 saturated heterocycles. The summed E-state index contributed by atoms with van der Waals surface area (Å²) < 4.78 is 2.08. The third kappa shape index (κ3) is 2.85. The lowest BCUT2D eigenvalue weighted by atomic mass is 10.1. The Morgan fingerprint density at radius 1 is 1.13 bits per heavy atom. The molecule has 1 aliphatic rings. The highest BCUT2D eigenvalue weighted by atomic mass is 16.2. The van der Waals surface area contributed by atoms with Crippen molar-refractivity contribution < 1.29 is 4.79 Å². The summed E-state index contributed by atoms with van der Waals surface area (Å²) in [5.41, 5.74) is 5.36. The quantitative estimate of drug-likeness (QED) is 0.548. The number of anilines is 3. The predicted molar refractivity (Wildman–Crippen MR) is 114 cm³/mol. The topological polar surface area (TPSA) is 91.7 Å². The molecule has 0 fully saturated rings. The highest BCUT2D eigenvalue weighted by Gasteiger charge is 2.27.